The summed E-state index contributed by atoms with van der Waals surface area (Å²) < 4.78 is 14.4. The third-order valence-corrected chi connectivity index (χ3v) is 7.86. The molecule has 4 rings (SSSR count). The minimum Gasteiger partial charge on any atom is -0.309 e. The van der Waals surface area contributed by atoms with E-state index in [0.29, 0.717) is 16.4 Å². The van der Waals surface area contributed by atoms with Gasteiger partial charge in [-0.3, -0.25) is 0 Å². The quantitative estimate of drug-likeness (QED) is 0.501. The SMILES string of the molecule is N#Cc1cc2ccc(P(=O)(c3ccccc3)c3ccccc3)cc2cc1C#N. The molecule has 0 radical (unpaired) electrons. The second-order valence-electron chi connectivity index (χ2n) is 6.43. The van der Waals surface area contributed by atoms with Crippen LogP contribution < -0.4 is 15.9 Å². The van der Waals surface area contributed by atoms with E-state index in [-0.39, 0.29) is 0 Å². The fourth-order valence-electron chi connectivity index (χ4n) is 3.39. The first-order chi connectivity index (χ1) is 13.7. The molecule has 0 aromatic heterocycles. The molecule has 4 heteroatoms. The van der Waals surface area contributed by atoms with Crippen LogP contribution in [0.25, 0.3) is 10.8 Å². The Kier molecular flexibility index (Phi) is 4.54. The number of nitrogens with zero attached hydrogens (tertiary/aromatic N) is 2. The van der Waals surface area contributed by atoms with E-state index >= 15 is 0 Å². The summed E-state index contributed by atoms with van der Waals surface area (Å²) in [5, 5.41) is 22.4. The Hall–Kier alpha value is -3.65. The molecular formula is C24H15N2OP. The molecule has 4 aromatic carbocycles. The van der Waals surface area contributed by atoms with E-state index in [1.54, 1.807) is 12.1 Å². The fourth-order valence-corrected chi connectivity index (χ4v) is 6.07. The zero-order valence-electron chi connectivity index (χ0n) is 14.9. The van der Waals surface area contributed by atoms with E-state index in [1.165, 1.54) is 0 Å². The maximum absolute atomic E-state index is 14.4. The molecule has 0 N–H and O–H groups in total. The number of nitriles is 2. The van der Waals surface area contributed by atoms with Crippen molar-refractivity contribution in [2.24, 2.45) is 0 Å². The number of rotatable bonds is 3. The molecule has 0 aliphatic rings. The first kappa shape index (κ1) is 17.7. The van der Waals surface area contributed by atoms with Gasteiger partial charge in [0.15, 0.2) is 7.14 Å². The van der Waals surface area contributed by atoms with E-state index in [1.807, 2.05) is 78.9 Å². The molecule has 0 atom stereocenters. The van der Waals surface area contributed by atoms with Gasteiger partial charge in [-0.15, -0.1) is 0 Å². The smallest absolute Gasteiger partial charge is 0.171 e. The first-order valence-electron chi connectivity index (χ1n) is 8.76. The Morgan fingerprint density at radius 1 is 0.571 bits per heavy atom. The van der Waals surface area contributed by atoms with Crippen LogP contribution in [0.4, 0.5) is 0 Å². The summed E-state index contributed by atoms with van der Waals surface area (Å²) in [7, 11) is -3.07. The van der Waals surface area contributed by atoms with Crippen LogP contribution in [0.5, 0.6) is 0 Å². The van der Waals surface area contributed by atoms with Crippen molar-refractivity contribution in [1.29, 1.82) is 10.5 Å². The lowest BCUT2D eigenvalue weighted by Gasteiger charge is -2.20. The van der Waals surface area contributed by atoms with Crippen LogP contribution in [0, 0.1) is 22.7 Å². The number of fused-ring (bicyclic) bond motifs is 1. The van der Waals surface area contributed by atoms with Gasteiger partial charge in [0.05, 0.1) is 11.1 Å². The number of hydrogen-bond donors (Lipinski definition) is 0. The van der Waals surface area contributed by atoms with Crippen molar-refractivity contribution < 1.29 is 4.57 Å². The van der Waals surface area contributed by atoms with Crippen LogP contribution in [-0.4, -0.2) is 0 Å². The first-order valence-corrected chi connectivity index (χ1v) is 10.5. The topological polar surface area (TPSA) is 64.7 Å². The molecular weight excluding hydrogens is 363 g/mol. The van der Waals surface area contributed by atoms with Gasteiger partial charge in [-0.1, -0.05) is 72.8 Å². The van der Waals surface area contributed by atoms with Gasteiger partial charge in [0, 0.05) is 15.9 Å². The van der Waals surface area contributed by atoms with Gasteiger partial charge < -0.3 is 4.57 Å². The van der Waals surface area contributed by atoms with Crippen molar-refractivity contribution in [3.63, 3.8) is 0 Å². The van der Waals surface area contributed by atoms with Gasteiger partial charge in [0.1, 0.15) is 12.1 Å². The zero-order valence-corrected chi connectivity index (χ0v) is 15.8. The Morgan fingerprint density at radius 3 is 1.57 bits per heavy atom. The van der Waals surface area contributed by atoms with Crippen LogP contribution in [-0.2, 0) is 4.57 Å². The average Bonchev–Trinajstić information content (AvgIpc) is 2.78. The third-order valence-electron chi connectivity index (χ3n) is 4.80. The maximum Gasteiger partial charge on any atom is 0.171 e. The van der Waals surface area contributed by atoms with Crippen LogP contribution in [0.15, 0.2) is 91.0 Å². The zero-order chi connectivity index (χ0) is 19.6. The van der Waals surface area contributed by atoms with Gasteiger partial charge in [-0.05, 0) is 29.0 Å². The number of hydrogen-bond acceptors (Lipinski definition) is 3. The van der Waals surface area contributed by atoms with Gasteiger partial charge >= 0.3 is 0 Å². The lowest BCUT2D eigenvalue weighted by atomic mass is 10.0. The summed E-state index contributed by atoms with van der Waals surface area (Å²) >= 11 is 0. The second-order valence-corrected chi connectivity index (χ2v) is 9.20. The average molecular weight is 378 g/mol. The summed E-state index contributed by atoms with van der Waals surface area (Å²) in [4.78, 5) is 0. The molecule has 0 spiro atoms. The molecule has 4 aromatic rings. The highest BCUT2D eigenvalue weighted by Gasteiger charge is 2.29. The minimum atomic E-state index is -3.07. The van der Waals surface area contributed by atoms with Crippen molar-refractivity contribution in [2.45, 2.75) is 0 Å². The minimum absolute atomic E-state index is 0.321. The molecule has 0 aliphatic carbocycles. The summed E-state index contributed by atoms with van der Waals surface area (Å²) in [5.41, 5.74) is 0.665. The normalized spacial score (nSPS) is 10.9. The van der Waals surface area contributed by atoms with Crippen LogP contribution >= 0.6 is 7.14 Å². The highest BCUT2D eigenvalue weighted by molar-refractivity contribution is 7.85. The van der Waals surface area contributed by atoms with Crippen molar-refractivity contribution in [2.75, 3.05) is 0 Å². The molecule has 132 valence electrons. The molecule has 0 amide bonds. The summed E-state index contributed by atoms with van der Waals surface area (Å²) in [6.45, 7) is 0. The van der Waals surface area contributed by atoms with Crippen LogP contribution in [0.2, 0.25) is 0 Å². The predicted molar refractivity (Wildman–Crippen MR) is 113 cm³/mol. The highest BCUT2D eigenvalue weighted by Crippen LogP contribution is 2.42. The third kappa shape index (κ3) is 2.89. The Bertz CT molecular complexity index is 1260. The Balaban J connectivity index is 2.00. The van der Waals surface area contributed by atoms with Crippen LogP contribution in [0.1, 0.15) is 11.1 Å². The molecule has 28 heavy (non-hydrogen) atoms. The van der Waals surface area contributed by atoms with E-state index < -0.39 is 7.14 Å². The molecule has 0 saturated carbocycles. The largest absolute Gasteiger partial charge is 0.309 e. The predicted octanol–water partition coefficient (Wildman–Crippen LogP) is 4.22. The van der Waals surface area contributed by atoms with Gasteiger partial charge in [-0.25, -0.2) is 0 Å². The summed E-state index contributed by atoms with van der Waals surface area (Å²) in [6.07, 6.45) is 0. The van der Waals surface area contributed by atoms with Gasteiger partial charge in [0.25, 0.3) is 0 Å². The molecule has 0 bridgehead atoms. The fraction of sp³-hybridized carbons (Fsp3) is 0. The van der Waals surface area contributed by atoms with Crippen molar-refractivity contribution in [3.8, 4) is 12.1 Å². The highest BCUT2D eigenvalue weighted by atomic mass is 31.2. The Labute approximate surface area is 163 Å². The molecule has 0 aliphatic heterocycles. The lowest BCUT2D eigenvalue weighted by molar-refractivity contribution is 0.592. The number of benzene rings is 4. The van der Waals surface area contributed by atoms with Crippen LogP contribution in [0.3, 0.4) is 0 Å². The lowest BCUT2D eigenvalue weighted by Crippen LogP contribution is -2.24. The van der Waals surface area contributed by atoms with Gasteiger partial charge in [-0.2, -0.15) is 10.5 Å². The monoisotopic (exact) mass is 378 g/mol. The van der Waals surface area contributed by atoms with Gasteiger partial charge in [0.2, 0.25) is 0 Å². The van der Waals surface area contributed by atoms with Crippen molar-refractivity contribution >= 4 is 33.8 Å². The maximum atomic E-state index is 14.4. The van der Waals surface area contributed by atoms with Crippen molar-refractivity contribution in [1.82, 2.24) is 0 Å². The van der Waals surface area contributed by atoms with E-state index in [9.17, 15) is 15.1 Å². The molecule has 0 fully saturated rings. The van der Waals surface area contributed by atoms with E-state index in [4.69, 9.17) is 0 Å². The van der Waals surface area contributed by atoms with E-state index in [2.05, 4.69) is 12.1 Å². The standard InChI is InChI=1S/C24H15N2OP/c25-16-20-13-18-11-12-24(15-19(18)14-21(20)17-26)28(27,22-7-3-1-4-8-22)23-9-5-2-6-10-23/h1-15H. The second kappa shape index (κ2) is 7.16. The summed E-state index contributed by atoms with van der Waals surface area (Å²) in [6, 6.07) is 32.0. The molecule has 0 saturated heterocycles. The van der Waals surface area contributed by atoms with Crippen molar-refractivity contribution in [3.05, 3.63) is 102 Å². The molecule has 0 unspecified atom stereocenters. The van der Waals surface area contributed by atoms with E-state index in [0.717, 1.165) is 21.4 Å². The molecule has 3 nitrogen and oxygen atoms in total. The summed E-state index contributed by atoms with van der Waals surface area (Å²) in [5.74, 6) is 0. The molecule has 0 heterocycles. The Morgan fingerprint density at radius 2 is 1.07 bits per heavy atom.